The lowest BCUT2D eigenvalue weighted by atomic mass is 9.68. The molecule has 0 saturated heterocycles. The Morgan fingerprint density at radius 1 is 0.719 bits per heavy atom. The Balaban J connectivity index is 1.20. The predicted molar refractivity (Wildman–Crippen MR) is 138 cm³/mol. The van der Waals surface area contributed by atoms with Gasteiger partial charge in [0.25, 0.3) is 0 Å². The second-order valence-electron chi connectivity index (χ2n) is 10.4. The Morgan fingerprint density at radius 3 is 2.00 bits per heavy atom. The molecule has 0 aromatic heterocycles. The van der Waals surface area contributed by atoms with E-state index in [0.29, 0.717) is 6.61 Å². The Bertz CT molecular complexity index is 865. The zero-order valence-corrected chi connectivity index (χ0v) is 19.9. The van der Waals surface area contributed by atoms with Gasteiger partial charge in [-0.05, 0) is 104 Å². The van der Waals surface area contributed by atoms with Crippen molar-refractivity contribution in [2.45, 2.75) is 77.0 Å². The van der Waals surface area contributed by atoms with Crippen LogP contribution in [0.25, 0.3) is 10.8 Å². The number of ether oxygens (including phenoxy) is 1. The first-order chi connectivity index (χ1) is 15.7. The fourth-order valence-electron chi connectivity index (χ4n) is 6.29. The molecule has 0 radical (unpaired) electrons. The molecule has 0 aliphatic heterocycles. The normalized spacial score (nSPS) is 26.0. The predicted octanol–water partition coefficient (Wildman–Crippen LogP) is 8.92. The molecule has 0 bridgehead atoms. The van der Waals surface area contributed by atoms with E-state index < -0.39 is 0 Å². The lowest BCUT2D eigenvalue weighted by Gasteiger charge is -2.38. The van der Waals surface area contributed by atoms with Crippen molar-refractivity contribution in [1.29, 1.82) is 0 Å². The number of fused-ring (bicyclic) bond motifs is 1. The van der Waals surface area contributed by atoms with Gasteiger partial charge in [-0.3, -0.25) is 0 Å². The molecule has 32 heavy (non-hydrogen) atoms. The number of rotatable bonds is 10. The number of benzene rings is 2. The van der Waals surface area contributed by atoms with Gasteiger partial charge in [-0.1, -0.05) is 68.7 Å². The molecule has 0 spiro atoms. The van der Waals surface area contributed by atoms with Gasteiger partial charge in [0.2, 0.25) is 0 Å². The van der Waals surface area contributed by atoms with Gasteiger partial charge in [-0.15, -0.1) is 6.58 Å². The molecule has 0 heterocycles. The van der Waals surface area contributed by atoms with Crippen LogP contribution in [0.15, 0.2) is 61.7 Å². The van der Waals surface area contributed by atoms with Gasteiger partial charge in [0.15, 0.2) is 0 Å². The minimum absolute atomic E-state index is 0.558. The first kappa shape index (κ1) is 23.1. The van der Waals surface area contributed by atoms with Gasteiger partial charge in [0.05, 0.1) is 0 Å². The lowest BCUT2D eigenvalue weighted by molar-refractivity contribution is 0.141. The molecule has 2 aromatic carbocycles. The third-order valence-electron chi connectivity index (χ3n) is 8.31. The van der Waals surface area contributed by atoms with E-state index >= 15 is 0 Å². The maximum Gasteiger partial charge on any atom is 0.120 e. The summed E-state index contributed by atoms with van der Waals surface area (Å²) in [7, 11) is 0. The Labute approximate surface area is 195 Å². The Morgan fingerprint density at radius 2 is 1.34 bits per heavy atom. The van der Waals surface area contributed by atoms with Crippen molar-refractivity contribution in [1.82, 2.24) is 0 Å². The molecular weight excluding hydrogens is 388 g/mol. The summed E-state index contributed by atoms with van der Waals surface area (Å²) in [6.07, 6.45) is 20.9. The van der Waals surface area contributed by atoms with Crippen LogP contribution in [-0.4, -0.2) is 6.61 Å². The van der Waals surface area contributed by atoms with Crippen LogP contribution in [0.4, 0.5) is 0 Å². The molecule has 172 valence electrons. The molecule has 4 rings (SSSR count). The summed E-state index contributed by atoms with van der Waals surface area (Å²) in [6, 6.07) is 13.3. The number of hydrogen-bond donors (Lipinski definition) is 0. The number of allylic oxidation sites excluding steroid dienone is 1. The average molecular weight is 431 g/mol. The molecule has 0 amide bonds. The zero-order chi connectivity index (χ0) is 22.2. The SMILES string of the molecule is C=CCCC1CCC(C2CCC(CCc3ccc4cc(OCC=C)ccc4c3)CC2)CC1. The van der Waals surface area contributed by atoms with Gasteiger partial charge in [-0.25, -0.2) is 0 Å². The highest BCUT2D eigenvalue weighted by atomic mass is 16.5. The van der Waals surface area contributed by atoms with Crippen LogP contribution in [0.5, 0.6) is 5.75 Å². The summed E-state index contributed by atoms with van der Waals surface area (Å²) in [5.41, 5.74) is 1.48. The molecule has 2 fully saturated rings. The molecule has 1 heteroatoms. The quantitative estimate of drug-likeness (QED) is 0.342. The molecule has 2 saturated carbocycles. The minimum Gasteiger partial charge on any atom is -0.490 e. The van der Waals surface area contributed by atoms with Crippen molar-refractivity contribution >= 4 is 10.8 Å². The van der Waals surface area contributed by atoms with Crippen molar-refractivity contribution in [3.05, 3.63) is 67.3 Å². The van der Waals surface area contributed by atoms with Gasteiger partial charge in [0.1, 0.15) is 12.4 Å². The second-order valence-corrected chi connectivity index (χ2v) is 10.4. The van der Waals surface area contributed by atoms with Crippen molar-refractivity contribution < 1.29 is 4.74 Å². The molecule has 2 aromatic rings. The largest absolute Gasteiger partial charge is 0.490 e. The molecule has 2 aliphatic carbocycles. The maximum atomic E-state index is 5.67. The summed E-state index contributed by atoms with van der Waals surface area (Å²) in [6.45, 7) is 8.17. The van der Waals surface area contributed by atoms with E-state index in [2.05, 4.69) is 55.6 Å². The fraction of sp³-hybridized carbons (Fsp3) is 0.548. The molecule has 2 aliphatic rings. The van der Waals surface area contributed by atoms with Gasteiger partial charge in [-0.2, -0.15) is 0 Å². The van der Waals surface area contributed by atoms with Gasteiger partial charge < -0.3 is 4.74 Å². The second kappa shape index (κ2) is 11.7. The van der Waals surface area contributed by atoms with Crippen molar-refractivity contribution in [2.75, 3.05) is 6.61 Å². The van der Waals surface area contributed by atoms with Crippen LogP contribution < -0.4 is 4.74 Å². The molecule has 1 nitrogen and oxygen atoms in total. The van der Waals surface area contributed by atoms with Crippen LogP contribution in [0.1, 0.15) is 76.2 Å². The summed E-state index contributed by atoms with van der Waals surface area (Å²) in [4.78, 5) is 0. The van der Waals surface area contributed by atoms with Crippen molar-refractivity contribution in [2.24, 2.45) is 23.7 Å². The molecular formula is C31H42O. The van der Waals surface area contributed by atoms with Crippen LogP contribution >= 0.6 is 0 Å². The molecule has 0 atom stereocenters. The Kier molecular flexibility index (Phi) is 8.49. The summed E-state index contributed by atoms with van der Waals surface area (Å²) >= 11 is 0. The van der Waals surface area contributed by atoms with Crippen LogP contribution in [0.2, 0.25) is 0 Å². The maximum absolute atomic E-state index is 5.67. The summed E-state index contributed by atoms with van der Waals surface area (Å²) < 4.78 is 5.67. The van der Waals surface area contributed by atoms with E-state index in [9.17, 15) is 0 Å². The van der Waals surface area contributed by atoms with Crippen LogP contribution in [0.3, 0.4) is 0 Å². The first-order valence-electron chi connectivity index (χ1n) is 13.1. The number of aryl methyl sites for hydroxylation is 1. The van der Waals surface area contributed by atoms with Crippen LogP contribution in [-0.2, 0) is 6.42 Å². The van der Waals surface area contributed by atoms with E-state index in [4.69, 9.17) is 4.74 Å². The highest BCUT2D eigenvalue weighted by molar-refractivity contribution is 5.84. The highest BCUT2D eigenvalue weighted by Crippen LogP contribution is 2.43. The van der Waals surface area contributed by atoms with Crippen LogP contribution in [0, 0.1) is 23.7 Å². The topological polar surface area (TPSA) is 9.23 Å². The molecule has 0 unspecified atom stereocenters. The van der Waals surface area contributed by atoms with E-state index in [1.54, 1.807) is 6.08 Å². The van der Waals surface area contributed by atoms with Crippen molar-refractivity contribution in [3.63, 3.8) is 0 Å². The van der Waals surface area contributed by atoms with E-state index in [1.807, 2.05) is 0 Å². The summed E-state index contributed by atoms with van der Waals surface area (Å²) in [5.74, 6) is 4.88. The van der Waals surface area contributed by atoms with Crippen molar-refractivity contribution in [3.8, 4) is 5.75 Å². The highest BCUT2D eigenvalue weighted by Gasteiger charge is 2.30. The fourth-order valence-corrected chi connectivity index (χ4v) is 6.29. The number of hydrogen-bond acceptors (Lipinski definition) is 1. The molecule has 0 N–H and O–H groups in total. The van der Waals surface area contributed by atoms with E-state index in [1.165, 1.54) is 93.4 Å². The smallest absolute Gasteiger partial charge is 0.120 e. The third kappa shape index (κ3) is 6.27. The third-order valence-corrected chi connectivity index (χ3v) is 8.31. The summed E-state index contributed by atoms with van der Waals surface area (Å²) in [5, 5.41) is 2.58. The minimum atomic E-state index is 0.558. The first-order valence-corrected chi connectivity index (χ1v) is 13.1. The monoisotopic (exact) mass is 430 g/mol. The zero-order valence-electron chi connectivity index (χ0n) is 19.9. The van der Waals surface area contributed by atoms with Gasteiger partial charge >= 0.3 is 0 Å². The lowest BCUT2D eigenvalue weighted by Crippen LogP contribution is -2.26. The van der Waals surface area contributed by atoms with E-state index in [0.717, 1.165) is 29.4 Å². The van der Waals surface area contributed by atoms with Gasteiger partial charge in [0, 0.05) is 0 Å². The average Bonchev–Trinajstić information content (AvgIpc) is 2.85. The Hall–Kier alpha value is -2.02. The standard InChI is InChI=1S/C31H42O/c1-3-5-6-24-9-14-27(15-10-24)28-16-11-25(12-17-28)7-8-26-13-18-30-23-31(32-21-4-2)20-19-29(30)22-26/h3-4,13,18-20,22-25,27-28H,1-2,5-12,14-17,21H2. The van der Waals surface area contributed by atoms with E-state index in [-0.39, 0.29) is 0 Å².